The monoisotopic (exact) mass is 298 g/mol. The molecule has 1 heterocycles. The molecule has 4 heteroatoms. The predicted octanol–water partition coefficient (Wildman–Crippen LogP) is 2.50. The Bertz CT molecular complexity index is 384. The van der Waals surface area contributed by atoms with Crippen molar-refractivity contribution in [1.82, 2.24) is 5.32 Å². The fourth-order valence-corrected chi connectivity index (χ4v) is 2.87. The Hall–Kier alpha value is -0.740. The van der Waals surface area contributed by atoms with E-state index >= 15 is 0 Å². The summed E-state index contributed by atoms with van der Waals surface area (Å²) in [4.78, 5) is 2.43. The highest BCUT2D eigenvalue weighted by Gasteiger charge is 2.23. The number of hydrogen-bond acceptors (Lipinski definition) is 3. The molecule has 1 saturated heterocycles. The Kier molecular flexibility index (Phi) is 4.29. The summed E-state index contributed by atoms with van der Waals surface area (Å²) in [5.41, 5.74) is 1.24. The number of halogens is 1. The highest BCUT2D eigenvalue weighted by atomic mass is 79.9. The summed E-state index contributed by atoms with van der Waals surface area (Å²) in [5, 5.41) is 3.26. The number of nitrogens with one attached hydrogen (secondary N) is 1. The first-order valence-electron chi connectivity index (χ1n) is 5.97. The summed E-state index contributed by atoms with van der Waals surface area (Å²) < 4.78 is 6.43. The second-order valence-corrected chi connectivity index (χ2v) is 5.33. The molecule has 1 atom stereocenters. The summed E-state index contributed by atoms with van der Waals surface area (Å²) in [6.45, 7) is 3.34. The van der Waals surface area contributed by atoms with E-state index in [1.54, 1.807) is 7.11 Å². The largest absolute Gasteiger partial charge is 0.497 e. The second kappa shape index (κ2) is 5.74. The zero-order chi connectivity index (χ0) is 12.3. The molecule has 2 rings (SSSR count). The molecule has 17 heavy (non-hydrogen) atoms. The van der Waals surface area contributed by atoms with Crippen molar-refractivity contribution in [2.45, 2.75) is 6.42 Å². The normalized spacial score (nSPS) is 19.7. The van der Waals surface area contributed by atoms with Crippen molar-refractivity contribution in [1.29, 1.82) is 0 Å². The third-order valence-corrected chi connectivity index (χ3v) is 3.94. The molecular formula is C13H19BrN2O. The lowest BCUT2D eigenvalue weighted by Gasteiger charge is -2.21. The molecule has 0 radical (unpaired) electrons. The van der Waals surface area contributed by atoms with E-state index in [1.807, 2.05) is 13.1 Å². The van der Waals surface area contributed by atoms with Crippen LogP contribution in [-0.2, 0) is 0 Å². The highest BCUT2D eigenvalue weighted by molar-refractivity contribution is 9.10. The summed E-state index contributed by atoms with van der Waals surface area (Å²) in [5.74, 6) is 1.67. The lowest BCUT2D eigenvalue weighted by atomic mass is 10.1. The third kappa shape index (κ3) is 2.93. The number of nitrogens with zero attached hydrogens (tertiary/aromatic N) is 1. The third-order valence-electron chi connectivity index (χ3n) is 3.27. The average molecular weight is 299 g/mol. The zero-order valence-corrected chi connectivity index (χ0v) is 12.0. The number of rotatable bonds is 4. The molecule has 1 aromatic rings. The molecule has 0 amide bonds. The number of anilines is 1. The van der Waals surface area contributed by atoms with Gasteiger partial charge in [-0.3, -0.25) is 0 Å². The highest BCUT2D eigenvalue weighted by Crippen LogP contribution is 2.33. The van der Waals surface area contributed by atoms with Crippen molar-refractivity contribution >= 4 is 21.6 Å². The van der Waals surface area contributed by atoms with Crippen molar-refractivity contribution in [3.8, 4) is 5.75 Å². The first kappa shape index (κ1) is 12.7. The van der Waals surface area contributed by atoms with E-state index in [1.165, 1.54) is 12.1 Å². The Balaban J connectivity index is 2.12. The van der Waals surface area contributed by atoms with E-state index in [0.29, 0.717) is 0 Å². The van der Waals surface area contributed by atoms with Crippen LogP contribution in [0, 0.1) is 5.92 Å². The van der Waals surface area contributed by atoms with E-state index in [4.69, 9.17) is 4.74 Å². The van der Waals surface area contributed by atoms with Crippen LogP contribution in [0.4, 0.5) is 5.69 Å². The minimum atomic E-state index is 0.748. The van der Waals surface area contributed by atoms with Crippen molar-refractivity contribution in [3.05, 3.63) is 22.7 Å². The van der Waals surface area contributed by atoms with Gasteiger partial charge in [-0.1, -0.05) is 0 Å². The molecule has 0 saturated carbocycles. The minimum Gasteiger partial charge on any atom is -0.497 e. The first-order chi connectivity index (χ1) is 8.24. The van der Waals surface area contributed by atoms with Crippen LogP contribution >= 0.6 is 15.9 Å². The number of benzene rings is 1. The van der Waals surface area contributed by atoms with Crippen LogP contribution in [0.5, 0.6) is 5.75 Å². The molecule has 0 aromatic heterocycles. The molecule has 94 valence electrons. The minimum absolute atomic E-state index is 0.748. The van der Waals surface area contributed by atoms with E-state index in [0.717, 1.165) is 35.8 Å². The Morgan fingerprint density at radius 1 is 1.53 bits per heavy atom. The van der Waals surface area contributed by atoms with E-state index in [2.05, 4.69) is 38.3 Å². The predicted molar refractivity (Wildman–Crippen MR) is 74.9 cm³/mol. The van der Waals surface area contributed by atoms with Crippen LogP contribution in [0.25, 0.3) is 0 Å². The van der Waals surface area contributed by atoms with Gasteiger partial charge < -0.3 is 15.0 Å². The molecule has 1 aromatic carbocycles. The summed E-state index contributed by atoms with van der Waals surface area (Å²) in [7, 11) is 3.73. The van der Waals surface area contributed by atoms with Gasteiger partial charge in [0.2, 0.25) is 0 Å². The molecule has 1 fully saturated rings. The lowest BCUT2D eigenvalue weighted by Crippen LogP contribution is -2.24. The SMILES string of the molecule is CNCC1CCN(c2cc(OC)ccc2Br)C1. The van der Waals surface area contributed by atoms with E-state index < -0.39 is 0 Å². The number of methoxy groups -OCH3 is 1. The van der Waals surface area contributed by atoms with Gasteiger partial charge in [-0.2, -0.15) is 0 Å². The van der Waals surface area contributed by atoms with Crippen LogP contribution in [0.1, 0.15) is 6.42 Å². The Labute approximate surface area is 111 Å². The van der Waals surface area contributed by atoms with Gasteiger partial charge in [-0.05, 0) is 54.0 Å². The van der Waals surface area contributed by atoms with Crippen LogP contribution in [0.15, 0.2) is 22.7 Å². The standard InChI is InChI=1S/C13H19BrN2O/c1-15-8-10-5-6-16(9-10)13-7-11(17-2)3-4-12(13)14/h3-4,7,10,15H,5-6,8-9H2,1-2H3. The van der Waals surface area contributed by atoms with Crippen LogP contribution < -0.4 is 15.0 Å². The second-order valence-electron chi connectivity index (χ2n) is 4.48. The van der Waals surface area contributed by atoms with E-state index in [9.17, 15) is 0 Å². The fourth-order valence-electron chi connectivity index (χ4n) is 2.37. The summed E-state index contributed by atoms with van der Waals surface area (Å²) in [6, 6.07) is 6.14. The Morgan fingerprint density at radius 3 is 3.06 bits per heavy atom. The lowest BCUT2D eigenvalue weighted by molar-refractivity contribution is 0.414. The van der Waals surface area contributed by atoms with Crippen LogP contribution in [0.2, 0.25) is 0 Å². The fraction of sp³-hybridized carbons (Fsp3) is 0.538. The molecular weight excluding hydrogens is 280 g/mol. The molecule has 1 unspecified atom stereocenters. The van der Waals surface area contributed by atoms with Crippen molar-refractivity contribution in [2.75, 3.05) is 38.7 Å². The molecule has 1 N–H and O–H groups in total. The zero-order valence-electron chi connectivity index (χ0n) is 10.4. The van der Waals surface area contributed by atoms with Gasteiger partial charge in [0.25, 0.3) is 0 Å². The quantitative estimate of drug-likeness (QED) is 0.924. The molecule has 3 nitrogen and oxygen atoms in total. The summed E-state index contributed by atoms with van der Waals surface area (Å²) in [6.07, 6.45) is 1.25. The molecule has 0 bridgehead atoms. The van der Waals surface area contributed by atoms with E-state index in [-0.39, 0.29) is 0 Å². The Morgan fingerprint density at radius 2 is 2.35 bits per heavy atom. The average Bonchev–Trinajstić information content (AvgIpc) is 2.79. The maximum absolute atomic E-state index is 5.28. The molecule has 1 aliphatic rings. The van der Waals surface area contributed by atoms with Crippen molar-refractivity contribution < 1.29 is 4.74 Å². The van der Waals surface area contributed by atoms with Gasteiger partial charge in [-0.15, -0.1) is 0 Å². The smallest absolute Gasteiger partial charge is 0.121 e. The van der Waals surface area contributed by atoms with Crippen molar-refractivity contribution in [3.63, 3.8) is 0 Å². The topological polar surface area (TPSA) is 24.5 Å². The maximum atomic E-state index is 5.28. The van der Waals surface area contributed by atoms with Gasteiger partial charge in [0, 0.05) is 23.6 Å². The van der Waals surface area contributed by atoms with Crippen LogP contribution in [-0.4, -0.2) is 33.8 Å². The molecule has 0 spiro atoms. The summed E-state index contributed by atoms with van der Waals surface area (Å²) >= 11 is 3.62. The van der Waals surface area contributed by atoms with Gasteiger partial charge in [0.05, 0.1) is 12.8 Å². The number of ether oxygens (including phenoxy) is 1. The molecule has 1 aliphatic heterocycles. The molecule has 0 aliphatic carbocycles. The van der Waals surface area contributed by atoms with Gasteiger partial charge in [-0.25, -0.2) is 0 Å². The first-order valence-corrected chi connectivity index (χ1v) is 6.77. The van der Waals surface area contributed by atoms with Gasteiger partial charge in [0.15, 0.2) is 0 Å². The van der Waals surface area contributed by atoms with Crippen molar-refractivity contribution in [2.24, 2.45) is 5.92 Å². The maximum Gasteiger partial charge on any atom is 0.121 e. The number of hydrogen-bond donors (Lipinski definition) is 1. The van der Waals surface area contributed by atoms with Crippen LogP contribution in [0.3, 0.4) is 0 Å². The van der Waals surface area contributed by atoms with Gasteiger partial charge in [0.1, 0.15) is 5.75 Å². The van der Waals surface area contributed by atoms with Gasteiger partial charge >= 0.3 is 0 Å².